The van der Waals surface area contributed by atoms with Crippen molar-refractivity contribution in [2.75, 3.05) is 6.61 Å². The predicted octanol–water partition coefficient (Wildman–Crippen LogP) is 2.27. The molecule has 0 spiro atoms. The maximum Gasteiger partial charge on any atom is 0.253 e. The summed E-state index contributed by atoms with van der Waals surface area (Å²) in [5.74, 6) is -4.95. The van der Waals surface area contributed by atoms with Crippen LogP contribution in [0.25, 0.3) is 0 Å². The average molecular weight is 310 g/mol. The van der Waals surface area contributed by atoms with Crippen LogP contribution in [0.5, 0.6) is 0 Å². The van der Waals surface area contributed by atoms with Crippen LogP contribution >= 0.6 is 0 Å². The van der Waals surface area contributed by atoms with E-state index in [1.165, 1.54) is 12.3 Å². The van der Waals surface area contributed by atoms with Crippen molar-refractivity contribution in [3.05, 3.63) is 64.7 Å². The van der Waals surface area contributed by atoms with Crippen LogP contribution in [0.2, 0.25) is 0 Å². The van der Waals surface area contributed by atoms with Crippen molar-refractivity contribution >= 4 is 5.91 Å². The van der Waals surface area contributed by atoms with Gasteiger partial charge in [-0.1, -0.05) is 0 Å². The highest BCUT2D eigenvalue weighted by Gasteiger charge is 2.19. The lowest BCUT2D eigenvalue weighted by Gasteiger charge is -2.17. The lowest BCUT2D eigenvalue weighted by molar-refractivity contribution is 0.0915. The fraction of sp³-hybridized carbons (Fsp3) is 0.200. The fourth-order valence-electron chi connectivity index (χ4n) is 1.85. The zero-order valence-electron chi connectivity index (χ0n) is 11.6. The number of pyridine rings is 1. The minimum atomic E-state index is -1.60. The van der Waals surface area contributed by atoms with E-state index >= 15 is 0 Å². The van der Waals surface area contributed by atoms with Crippen LogP contribution in [0.1, 0.15) is 27.7 Å². The molecule has 2 N–H and O–H groups in total. The number of halogens is 3. The van der Waals surface area contributed by atoms with Gasteiger partial charge < -0.3 is 10.4 Å². The normalized spacial score (nSPS) is 12.0. The van der Waals surface area contributed by atoms with Gasteiger partial charge in [-0.25, -0.2) is 13.2 Å². The summed E-state index contributed by atoms with van der Waals surface area (Å²) >= 11 is 0. The number of nitrogens with zero attached hydrogens (tertiary/aromatic N) is 1. The van der Waals surface area contributed by atoms with E-state index in [4.69, 9.17) is 0 Å². The number of carbonyl (C=O) groups excluding carboxylic acids is 1. The molecule has 116 valence electrons. The fourth-order valence-corrected chi connectivity index (χ4v) is 1.85. The molecule has 22 heavy (non-hydrogen) atoms. The quantitative estimate of drug-likeness (QED) is 0.852. The summed E-state index contributed by atoms with van der Waals surface area (Å²) in [7, 11) is 0. The van der Waals surface area contributed by atoms with Crippen LogP contribution in [0.3, 0.4) is 0 Å². The SMILES string of the molecule is Cc1ccc(C(=O)NC(CO)c2cc(F)c(F)c(F)c2)cn1. The summed E-state index contributed by atoms with van der Waals surface area (Å²) in [5, 5.41) is 11.7. The van der Waals surface area contributed by atoms with Crippen LogP contribution in [0, 0.1) is 24.4 Å². The summed E-state index contributed by atoms with van der Waals surface area (Å²) in [6.45, 7) is 1.15. The van der Waals surface area contributed by atoms with E-state index < -0.39 is 36.0 Å². The maximum atomic E-state index is 13.2. The van der Waals surface area contributed by atoms with E-state index in [2.05, 4.69) is 10.3 Å². The monoisotopic (exact) mass is 310 g/mol. The Labute approximate surface area is 124 Å². The number of aromatic nitrogens is 1. The molecule has 7 heteroatoms. The van der Waals surface area contributed by atoms with E-state index in [1.54, 1.807) is 13.0 Å². The summed E-state index contributed by atoms with van der Waals surface area (Å²) in [4.78, 5) is 16.0. The van der Waals surface area contributed by atoms with Gasteiger partial charge in [0.1, 0.15) is 0 Å². The molecule has 0 aliphatic rings. The summed E-state index contributed by atoms with van der Waals surface area (Å²) in [6, 6.07) is 3.54. The molecule has 0 fully saturated rings. The molecule has 1 heterocycles. The Hall–Kier alpha value is -2.41. The largest absolute Gasteiger partial charge is 0.394 e. The smallest absolute Gasteiger partial charge is 0.253 e. The van der Waals surface area contributed by atoms with E-state index in [0.717, 1.165) is 17.8 Å². The van der Waals surface area contributed by atoms with Gasteiger partial charge in [0.25, 0.3) is 5.91 Å². The number of aliphatic hydroxyl groups is 1. The Bertz CT molecular complexity index is 667. The Morgan fingerprint density at radius 2 is 1.91 bits per heavy atom. The zero-order valence-corrected chi connectivity index (χ0v) is 11.6. The number of benzene rings is 1. The van der Waals surface area contributed by atoms with Gasteiger partial charge in [-0.3, -0.25) is 9.78 Å². The van der Waals surface area contributed by atoms with Crippen molar-refractivity contribution < 1.29 is 23.1 Å². The third kappa shape index (κ3) is 3.43. The standard InChI is InChI=1S/C15H13F3N2O2/c1-8-2-3-9(6-19-8)15(22)20-13(7-21)10-4-11(16)14(18)12(17)5-10/h2-6,13,21H,7H2,1H3,(H,20,22). The van der Waals surface area contributed by atoms with Crippen molar-refractivity contribution in [2.24, 2.45) is 0 Å². The number of hydrogen-bond acceptors (Lipinski definition) is 3. The number of amides is 1. The minimum Gasteiger partial charge on any atom is -0.394 e. The van der Waals surface area contributed by atoms with Crippen molar-refractivity contribution in [1.29, 1.82) is 0 Å². The Morgan fingerprint density at radius 1 is 1.27 bits per heavy atom. The molecule has 1 aromatic carbocycles. The predicted molar refractivity (Wildman–Crippen MR) is 72.6 cm³/mol. The van der Waals surface area contributed by atoms with Crippen molar-refractivity contribution in [3.8, 4) is 0 Å². The second-order valence-electron chi connectivity index (χ2n) is 4.70. The van der Waals surface area contributed by atoms with Crippen LogP contribution < -0.4 is 5.32 Å². The Kier molecular flexibility index (Phi) is 4.77. The van der Waals surface area contributed by atoms with Gasteiger partial charge in [0.2, 0.25) is 0 Å². The van der Waals surface area contributed by atoms with Gasteiger partial charge in [0.15, 0.2) is 17.5 Å². The van der Waals surface area contributed by atoms with E-state index in [1.807, 2.05) is 0 Å². The van der Waals surface area contributed by atoms with Crippen molar-refractivity contribution in [3.63, 3.8) is 0 Å². The van der Waals surface area contributed by atoms with E-state index in [0.29, 0.717) is 0 Å². The minimum absolute atomic E-state index is 0.0766. The molecule has 2 rings (SSSR count). The first-order chi connectivity index (χ1) is 10.4. The highest BCUT2D eigenvalue weighted by molar-refractivity contribution is 5.94. The highest BCUT2D eigenvalue weighted by Crippen LogP contribution is 2.19. The first-order valence-electron chi connectivity index (χ1n) is 6.41. The number of carbonyl (C=O) groups is 1. The first kappa shape index (κ1) is 16.0. The molecule has 2 aromatic rings. The van der Waals surface area contributed by atoms with Gasteiger partial charge in [-0.2, -0.15) is 0 Å². The summed E-state index contributed by atoms with van der Waals surface area (Å²) in [6.07, 6.45) is 1.34. The van der Waals surface area contributed by atoms with Crippen molar-refractivity contribution in [2.45, 2.75) is 13.0 Å². The zero-order chi connectivity index (χ0) is 16.3. The topological polar surface area (TPSA) is 62.2 Å². The van der Waals surface area contributed by atoms with Gasteiger partial charge in [0, 0.05) is 11.9 Å². The molecule has 1 aromatic heterocycles. The third-order valence-electron chi connectivity index (χ3n) is 3.07. The Balaban J connectivity index is 2.22. The van der Waals surface area contributed by atoms with Crippen LogP contribution in [-0.2, 0) is 0 Å². The summed E-state index contributed by atoms with van der Waals surface area (Å²) in [5.41, 5.74) is 0.873. The van der Waals surface area contributed by atoms with Crippen LogP contribution in [0.4, 0.5) is 13.2 Å². The van der Waals surface area contributed by atoms with Crippen LogP contribution in [-0.4, -0.2) is 22.6 Å². The average Bonchev–Trinajstić information content (AvgIpc) is 2.50. The van der Waals surface area contributed by atoms with Crippen LogP contribution in [0.15, 0.2) is 30.5 Å². The van der Waals surface area contributed by atoms with E-state index in [9.17, 15) is 23.1 Å². The molecular formula is C15H13F3N2O2. The number of aliphatic hydroxyl groups excluding tert-OH is 1. The number of aryl methyl sites for hydroxylation is 1. The number of rotatable bonds is 4. The molecule has 1 amide bonds. The number of nitrogens with one attached hydrogen (secondary N) is 1. The van der Waals surface area contributed by atoms with Gasteiger partial charge in [-0.15, -0.1) is 0 Å². The number of hydrogen-bond donors (Lipinski definition) is 2. The molecular weight excluding hydrogens is 297 g/mol. The molecule has 1 atom stereocenters. The molecule has 0 aliphatic carbocycles. The molecule has 0 saturated carbocycles. The highest BCUT2D eigenvalue weighted by atomic mass is 19.2. The Morgan fingerprint density at radius 3 is 2.41 bits per heavy atom. The molecule has 0 saturated heterocycles. The summed E-state index contributed by atoms with van der Waals surface area (Å²) < 4.78 is 39.4. The maximum absolute atomic E-state index is 13.2. The van der Waals surface area contributed by atoms with E-state index in [-0.39, 0.29) is 11.1 Å². The van der Waals surface area contributed by atoms with Gasteiger partial charge in [0.05, 0.1) is 18.2 Å². The molecule has 0 radical (unpaired) electrons. The first-order valence-corrected chi connectivity index (χ1v) is 6.41. The molecule has 4 nitrogen and oxygen atoms in total. The van der Waals surface area contributed by atoms with Crippen molar-refractivity contribution in [1.82, 2.24) is 10.3 Å². The second-order valence-corrected chi connectivity index (χ2v) is 4.70. The third-order valence-corrected chi connectivity index (χ3v) is 3.07. The molecule has 1 unspecified atom stereocenters. The molecule has 0 bridgehead atoms. The lowest BCUT2D eigenvalue weighted by atomic mass is 10.1. The van der Waals surface area contributed by atoms with Gasteiger partial charge in [-0.05, 0) is 36.8 Å². The second kappa shape index (κ2) is 6.57. The molecule has 0 aliphatic heterocycles. The lowest BCUT2D eigenvalue weighted by Crippen LogP contribution is -2.31. The van der Waals surface area contributed by atoms with Gasteiger partial charge >= 0.3 is 0 Å².